The lowest BCUT2D eigenvalue weighted by Gasteiger charge is -2.28. The van der Waals surface area contributed by atoms with Gasteiger partial charge in [-0.2, -0.15) is 0 Å². The van der Waals surface area contributed by atoms with Gasteiger partial charge >= 0.3 is 0 Å². The van der Waals surface area contributed by atoms with Crippen LogP contribution < -0.4 is 15.9 Å². The zero-order valence-electron chi connectivity index (χ0n) is 11.4. The van der Waals surface area contributed by atoms with Crippen LogP contribution in [-0.4, -0.2) is 46.3 Å². The Bertz CT molecular complexity index is 556. The van der Waals surface area contributed by atoms with Crippen LogP contribution in [0.4, 0.5) is 11.4 Å². The molecule has 0 radical (unpaired) electrons. The molecule has 0 spiro atoms. The van der Waals surface area contributed by atoms with Crippen LogP contribution in [0, 0.1) is 0 Å². The molecule has 8 heteroatoms. The Balaban J connectivity index is 2.20. The second-order valence-electron chi connectivity index (χ2n) is 4.46. The van der Waals surface area contributed by atoms with Gasteiger partial charge in [-0.05, 0) is 18.2 Å². The number of nitrogens with one attached hydrogen (secondary N) is 2. The van der Waals surface area contributed by atoms with Crippen molar-refractivity contribution in [1.29, 1.82) is 0 Å². The molecule has 2 rings (SSSR count). The molecule has 0 atom stereocenters. The molecular formula is C12H20N4O3S. The van der Waals surface area contributed by atoms with Crippen molar-refractivity contribution >= 4 is 21.4 Å². The Kier molecular flexibility index (Phi) is 4.81. The van der Waals surface area contributed by atoms with E-state index in [9.17, 15) is 8.42 Å². The Labute approximate surface area is 119 Å². The summed E-state index contributed by atoms with van der Waals surface area (Å²) in [6, 6.07) is 4.63. The summed E-state index contributed by atoms with van der Waals surface area (Å²) in [7, 11) is -3.48. The van der Waals surface area contributed by atoms with E-state index in [1.807, 2.05) is 5.01 Å². The molecule has 0 aliphatic carbocycles. The Morgan fingerprint density at radius 2 is 2.05 bits per heavy atom. The Morgan fingerprint density at radius 3 is 2.70 bits per heavy atom. The maximum atomic E-state index is 12.0. The minimum atomic E-state index is -3.48. The molecule has 0 saturated carbocycles. The van der Waals surface area contributed by atoms with Gasteiger partial charge in [-0.25, -0.2) is 18.1 Å². The molecule has 4 N–H and O–H groups in total. The number of anilines is 2. The maximum Gasteiger partial charge on any atom is 0.240 e. The van der Waals surface area contributed by atoms with Crippen molar-refractivity contribution in [2.45, 2.75) is 11.8 Å². The van der Waals surface area contributed by atoms with Crippen LogP contribution in [-0.2, 0) is 14.8 Å². The van der Waals surface area contributed by atoms with Gasteiger partial charge in [0.05, 0.1) is 29.5 Å². The van der Waals surface area contributed by atoms with Crippen LogP contribution >= 0.6 is 0 Å². The second-order valence-corrected chi connectivity index (χ2v) is 6.23. The molecule has 1 heterocycles. The van der Waals surface area contributed by atoms with Gasteiger partial charge in [0.15, 0.2) is 0 Å². The lowest BCUT2D eigenvalue weighted by molar-refractivity contribution is 0.0497. The summed E-state index contributed by atoms with van der Waals surface area (Å²) in [6.07, 6.45) is 0. The van der Waals surface area contributed by atoms with E-state index in [1.165, 1.54) is 6.07 Å². The number of nitrogens with zero attached hydrogens (tertiary/aromatic N) is 1. The molecule has 1 aliphatic heterocycles. The number of nitrogens with two attached hydrogens (primary N) is 1. The molecule has 0 bridgehead atoms. The summed E-state index contributed by atoms with van der Waals surface area (Å²) < 4.78 is 31.7. The molecule has 0 amide bonds. The lowest BCUT2D eigenvalue weighted by atomic mass is 10.3. The monoisotopic (exact) mass is 300 g/mol. The molecule has 7 nitrogen and oxygen atoms in total. The summed E-state index contributed by atoms with van der Waals surface area (Å²) in [4.78, 5) is 0.198. The minimum absolute atomic E-state index is 0.198. The molecule has 0 unspecified atom stereocenters. The fourth-order valence-corrected chi connectivity index (χ4v) is 2.99. The standard InChI is InChI=1S/C12H20N4O3S/c1-2-14-20(17,18)10-3-4-11(13)12(9-10)15-16-5-7-19-8-6-16/h3-4,9,14-15H,2,5-8,13H2,1H3. The predicted octanol–water partition coefficient (Wildman–Crippen LogP) is 0.226. The predicted molar refractivity (Wildman–Crippen MR) is 77.7 cm³/mol. The number of sulfonamides is 1. The van der Waals surface area contributed by atoms with Crippen LogP contribution in [0.15, 0.2) is 23.1 Å². The lowest BCUT2D eigenvalue weighted by Crippen LogP contribution is -2.40. The van der Waals surface area contributed by atoms with Gasteiger partial charge < -0.3 is 15.9 Å². The molecule has 1 aromatic carbocycles. The van der Waals surface area contributed by atoms with E-state index in [2.05, 4.69) is 10.1 Å². The van der Waals surface area contributed by atoms with E-state index >= 15 is 0 Å². The van der Waals surface area contributed by atoms with E-state index < -0.39 is 10.0 Å². The molecule has 20 heavy (non-hydrogen) atoms. The quantitative estimate of drug-likeness (QED) is 0.673. The highest BCUT2D eigenvalue weighted by molar-refractivity contribution is 7.89. The number of benzene rings is 1. The first kappa shape index (κ1) is 15.0. The van der Waals surface area contributed by atoms with Crippen LogP contribution in [0.1, 0.15) is 6.92 Å². The third kappa shape index (κ3) is 3.60. The van der Waals surface area contributed by atoms with Crippen molar-refractivity contribution in [2.24, 2.45) is 0 Å². The number of hydrazine groups is 1. The van der Waals surface area contributed by atoms with E-state index in [1.54, 1.807) is 19.1 Å². The van der Waals surface area contributed by atoms with Crippen molar-refractivity contribution in [1.82, 2.24) is 9.73 Å². The van der Waals surface area contributed by atoms with Gasteiger partial charge in [0.1, 0.15) is 0 Å². The zero-order valence-corrected chi connectivity index (χ0v) is 12.2. The number of hydrogen-bond acceptors (Lipinski definition) is 6. The summed E-state index contributed by atoms with van der Waals surface area (Å²) in [5, 5.41) is 1.96. The van der Waals surface area contributed by atoms with E-state index in [0.29, 0.717) is 31.1 Å². The van der Waals surface area contributed by atoms with Crippen LogP contribution in [0.3, 0.4) is 0 Å². The van der Waals surface area contributed by atoms with Gasteiger partial charge in [-0.1, -0.05) is 6.92 Å². The first-order valence-corrected chi connectivity index (χ1v) is 8.00. The normalized spacial score (nSPS) is 17.1. The van der Waals surface area contributed by atoms with Crippen LogP contribution in [0.2, 0.25) is 0 Å². The average Bonchev–Trinajstić information content (AvgIpc) is 2.42. The Morgan fingerprint density at radius 1 is 1.35 bits per heavy atom. The number of hydrogen-bond donors (Lipinski definition) is 3. The topological polar surface area (TPSA) is 96.7 Å². The first-order valence-electron chi connectivity index (χ1n) is 6.51. The largest absolute Gasteiger partial charge is 0.397 e. The summed E-state index contributed by atoms with van der Waals surface area (Å²) in [5.74, 6) is 0. The summed E-state index contributed by atoms with van der Waals surface area (Å²) in [6.45, 7) is 4.82. The first-order chi connectivity index (χ1) is 9.53. The third-order valence-corrected chi connectivity index (χ3v) is 4.50. The molecule has 1 fully saturated rings. The smallest absolute Gasteiger partial charge is 0.240 e. The number of morpholine rings is 1. The van der Waals surface area contributed by atoms with E-state index in [-0.39, 0.29) is 4.90 Å². The summed E-state index contributed by atoms with van der Waals surface area (Å²) >= 11 is 0. The van der Waals surface area contributed by atoms with Gasteiger partial charge in [0.25, 0.3) is 0 Å². The van der Waals surface area contributed by atoms with Gasteiger partial charge in [0.2, 0.25) is 10.0 Å². The van der Waals surface area contributed by atoms with E-state index in [0.717, 1.165) is 13.1 Å². The number of nitrogen functional groups attached to an aromatic ring is 1. The van der Waals surface area contributed by atoms with Crippen molar-refractivity contribution in [3.8, 4) is 0 Å². The number of rotatable bonds is 5. The molecule has 1 aromatic rings. The SMILES string of the molecule is CCNS(=O)(=O)c1ccc(N)c(NN2CCOCC2)c1. The molecule has 1 saturated heterocycles. The van der Waals surface area contributed by atoms with Gasteiger partial charge in [-0.3, -0.25) is 0 Å². The summed E-state index contributed by atoms with van der Waals surface area (Å²) in [5.41, 5.74) is 10.1. The zero-order chi connectivity index (χ0) is 14.6. The van der Waals surface area contributed by atoms with E-state index in [4.69, 9.17) is 10.5 Å². The van der Waals surface area contributed by atoms with Crippen LogP contribution in [0.5, 0.6) is 0 Å². The Hall–Kier alpha value is -1.35. The van der Waals surface area contributed by atoms with Crippen LogP contribution in [0.25, 0.3) is 0 Å². The number of ether oxygens (including phenoxy) is 1. The fourth-order valence-electron chi connectivity index (χ4n) is 1.92. The maximum absolute atomic E-state index is 12.0. The average molecular weight is 300 g/mol. The highest BCUT2D eigenvalue weighted by Crippen LogP contribution is 2.23. The molecule has 1 aliphatic rings. The highest BCUT2D eigenvalue weighted by Gasteiger charge is 2.16. The van der Waals surface area contributed by atoms with Gasteiger partial charge in [-0.15, -0.1) is 0 Å². The molecular weight excluding hydrogens is 280 g/mol. The fraction of sp³-hybridized carbons (Fsp3) is 0.500. The molecule has 112 valence electrons. The van der Waals surface area contributed by atoms with Crippen molar-refractivity contribution in [2.75, 3.05) is 44.0 Å². The molecule has 0 aromatic heterocycles. The van der Waals surface area contributed by atoms with Crippen molar-refractivity contribution < 1.29 is 13.2 Å². The van der Waals surface area contributed by atoms with Crippen molar-refractivity contribution in [3.05, 3.63) is 18.2 Å². The second kappa shape index (κ2) is 6.40. The minimum Gasteiger partial charge on any atom is -0.397 e. The third-order valence-electron chi connectivity index (χ3n) is 2.96. The van der Waals surface area contributed by atoms with Gasteiger partial charge in [0, 0.05) is 19.6 Å². The highest BCUT2D eigenvalue weighted by atomic mass is 32.2. The van der Waals surface area contributed by atoms with Crippen molar-refractivity contribution in [3.63, 3.8) is 0 Å².